The number of ether oxygens (including phenoxy) is 1. The van der Waals surface area contributed by atoms with Crippen molar-refractivity contribution in [3.8, 4) is 49.5 Å². The molecule has 0 radical (unpaired) electrons. The number of amides is 8. The minimum atomic E-state index is -2.53. The number of hydrogen-bond acceptors (Lipinski definition) is 25. The van der Waals surface area contributed by atoms with Gasteiger partial charge in [-0.1, -0.05) is 82.2 Å². The van der Waals surface area contributed by atoms with E-state index in [1.54, 1.807) is 12.1 Å². The summed E-state index contributed by atoms with van der Waals surface area (Å²) in [5.41, 5.74) is 8.34. The number of primary amides is 1. The fraction of sp³-hybridized carbons (Fsp3) is 0.414. The second-order valence-electron chi connectivity index (χ2n) is 21.9. The van der Waals surface area contributed by atoms with Crippen LogP contribution in [0.1, 0.15) is 62.1 Å². The minimum absolute atomic E-state index is 0.0162. The summed E-state index contributed by atoms with van der Waals surface area (Å²) >= 11 is 1.26. The van der Waals surface area contributed by atoms with Crippen LogP contribution in [0.4, 0.5) is 0 Å². The molecule has 0 saturated carbocycles. The lowest BCUT2D eigenvalue weighted by molar-refractivity contribution is -0.433. The van der Waals surface area contributed by atoms with Gasteiger partial charge in [-0.15, -0.1) is 10.2 Å². The van der Waals surface area contributed by atoms with Crippen molar-refractivity contribution < 1.29 is 103 Å². The fourth-order valence-electron chi connectivity index (χ4n) is 10.6. The zero-order valence-electron chi connectivity index (χ0n) is 48.8. The molecule has 4 aromatic carbocycles. The number of carbonyl (C=O) groups excluding carboxylic acids is 8. The molecular formula is C58H68N10O21S2. The molecule has 3 aliphatic rings. The maximum absolute atomic E-state index is 14.7. The van der Waals surface area contributed by atoms with Gasteiger partial charge in [-0.3, -0.25) is 38.4 Å². The Morgan fingerprint density at radius 1 is 0.747 bits per heavy atom. The molecule has 1 aromatic heterocycles. The van der Waals surface area contributed by atoms with Gasteiger partial charge < -0.3 is 91.9 Å². The van der Waals surface area contributed by atoms with Crippen LogP contribution in [0.2, 0.25) is 0 Å². The number of benzene rings is 4. The van der Waals surface area contributed by atoms with Crippen LogP contribution in [-0.2, 0) is 42.9 Å². The third kappa shape index (κ3) is 16.6. The van der Waals surface area contributed by atoms with Crippen LogP contribution in [0.25, 0.3) is 32.3 Å². The molecule has 0 bridgehead atoms. The standard InChI is InChI=1S/C58H68N10O21S2/c1-4-86-36-16-13-29(14-17-36)28-5-9-31(10-6-28)55-65-66-56(90-55)32-11-7-30(8-12-32)50(78)61-37-20-34(70)23-60-54(82)46-47(75)26(2)24-68(46)58(84)44(40(73)22-42(59)74)63-53(81)45(49(77)48(76)33-15-18-39(72)41(19-33)87-91-89-88-85)64-52(80)38-21-35(71)25-67(38)57(83)43(27(3)69)62-51(37)79/h5-19,26-27,34-35,37-38,40,43-49,69-73,75-77,85H,4,20-25H2,1-3H3,(H2,59,74)(H,60,82)(H,61,78)(H,62,79)(H,63,81)(H,64,80). The third-order valence-corrected chi connectivity index (χ3v) is 16.8. The Bertz CT molecular complexity index is 3420. The largest absolute Gasteiger partial charge is 0.504 e. The highest BCUT2D eigenvalue weighted by molar-refractivity contribution is 7.90. The highest BCUT2D eigenvalue weighted by Gasteiger charge is 2.50. The molecule has 4 heterocycles. The Morgan fingerprint density at radius 2 is 1.34 bits per heavy atom. The van der Waals surface area contributed by atoms with E-state index in [0.717, 1.165) is 57.4 Å². The second-order valence-corrected chi connectivity index (χ2v) is 23.3. The smallest absolute Gasteiger partial charge is 0.261 e. The van der Waals surface area contributed by atoms with E-state index in [1.165, 1.54) is 30.4 Å². The summed E-state index contributed by atoms with van der Waals surface area (Å²) < 4.78 is 14.8. The van der Waals surface area contributed by atoms with Gasteiger partial charge in [0.25, 0.3) is 18.2 Å². The first-order valence-corrected chi connectivity index (χ1v) is 29.9. The normalized spacial score (nSPS) is 25.1. The maximum Gasteiger partial charge on any atom is 0.261 e. The number of rotatable bonds is 18. The highest BCUT2D eigenvalue weighted by atomic mass is 32.2. The Hall–Kier alpha value is -8.45. The van der Waals surface area contributed by atoms with Crippen molar-refractivity contribution in [2.45, 2.75) is 119 Å². The van der Waals surface area contributed by atoms with Gasteiger partial charge in [0.15, 0.2) is 11.5 Å². The topological polar surface area (TPSA) is 474 Å². The van der Waals surface area contributed by atoms with E-state index >= 15 is 0 Å². The molecular weight excluding hydrogens is 1240 g/mol. The van der Waals surface area contributed by atoms with Crippen LogP contribution in [0, 0.1) is 5.92 Å². The van der Waals surface area contributed by atoms with Crippen LogP contribution < -0.4 is 41.2 Å². The van der Waals surface area contributed by atoms with E-state index < -0.39 is 183 Å². The molecule has 3 fully saturated rings. The predicted molar refractivity (Wildman–Crippen MR) is 318 cm³/mol. The number of aromatic hydroxyl groups is 1. The molecule has 8 amide bonds. The minimum Gasteiger partial charge on any atom is -0.504 e. The molecule has 33 heteroatoms. The van der Waals surface area contributed by atoms with Crippen LogP contribution >= 0.6 is 23.7 Å². The average molecular weight is 1310 g/mol. The molecule has 31 nitrogen and oxygen atoms in total. The summed E-state index contributed by atoms with van der Waals surface area (Å²) in [5, 5.41) is 124. The quantitative estimate of drug-likeness (QED) is 0.0202. The van der Waals surface area contributed by atoms with Crippen LogP contribution in [0.3, 0.4) is 0 Å². The number of aromatic nitrogens is 2. The number of carbonyl (C=O) groups is 8. The summed E-state index contributed by atoms with van der Waals surface area (Å²) in [7, 11) is 0. The van der Waals surface area contributed by atoms with Crippen molar-refractivity contribution in [3.63, 3.8) is 0 Å². The number of hydrogen-bond donors (Lipinski definition) is 15. The van der Waals surface area contributed by atoms with Crippen LogP contribution in [-0.4, -0.2) is 212 Å². The van der Waals surface area contributed by atoms with Crippen molar-refractivity contribution in [2.24, 2.45) is 11.7 Å². The molecule has 3 aliphatic heterocycles. The summed E-state index contributed by atoms with van der Waals surface area (Å²) in [6, 6.07) is 12.0. The first-order valence-electron chi connectivity index (χ1n) is 28.4. The molecule has 488 valence electrons. The van der Waals surface area contributed by atoms with Gasteiger partial charge in [0.2, 0.25) is 41.4 Å². The van der Waals surface area contributed by atoms with E-state index in [9.17, 15) is 79.2 Å². The zero-order chi connectivity index (χ0) is 66.0. The van der Waals surface area contributed by atoms with Crippen molar-refractivity contribution in [2.75, 3.05) is 26.2 Å². The van der Waals surface area contributed by atoms with Crippen molar-refractivity contribution >= 4 is 70.9 Å². The molecule has 0 spiro atoms. The molecule has 16 N–H and O–H groups in total. The fourth-order valence-corrected chi connectivity index (χ4v) is 11.7. The molecule has 14 unspecified atom stereocenters. The van der Waals surface area contributed by atoms with E-state index in [1.807, 2.05) is 55.5 Å². The summed E-state index contributed by atoms with van der Waals surface area (Å²) in [5.74, 6) is -11.2. The van der Waals surface area contributed by atoms with E-state index in [-0.39, 0.29) is 23.5 Å². The number of fused-ring (bicyclic) bond motifs is 2. The van der Waals surface area contributed by atoms with Gasteiger partial charge in [0.05, 0.1) is 43.5 Å². The summed E-state index contributed by atoms with van der Waals surface area (Å²) in [4.78, 5) is 115. The third-order valence-electron chi connectivity index (χ3n) is 15.4. The number of aliphatic hydroxyl groups is 7. The highest BCUT2D eigenvalue weighted by Crippen LogP contribution is 2.35. The first-order chi connectivity index (χ1) is 43.4. The van der Waals surface area contributed by atoms with E-state index in [4.69, 9.17) is 19.9 Å². The van der Waals surface area contributed by atoms with Crippen molar-refractivity contribution in [1.82, 2.24) is 46.6 Å². The van der Waals surface area contributed by atoms with E-state index in [0.29, 0.717) is 22.2 Å². The Morgan fingerprint density at radius 3 is 1.96 bits per heavy atom. The van der Waals surface area contributed by atoms with Crippen LogP contribution in [0.15, 0.2) is 91.0 Å². The number of nitrogens with two attached hydrogens (primary N) is 1. The zero-order valence-corrected chi connectivity index (χ0v) is 50.4. The average Bonchev–Trinajstić information content (AvgIpc) is 1.80. The van der Waals surface area contributed by atoms with Gasteiger partial charge in [-0.05, 0) is 66.9 Å². The lowest BCUT2D eigenvalue weighted by atomic mass is 9.96. The van der Waals surface area contributed by atoms with Crippen LogP contribution in [0.5, 0.6) is 17.2 Å². The Labute approximate surface area is 526 Å². The molecule has 3 saturated heterocycles. The van der Waals surface area contributed by atoms with Gasteiger partial charge in [-0.25, -0.2) is 5.26 Å². The first kappa shape index (κ1) is 68.5. The number of aliphatic hydroxyl groups excluding tert-OH is 7. The predicted octanol–water partition coefficient (Wildman–Crippen LogP) is -1.68. The number of nitrogens with one attached hydrogen (secondary N) is 5. The van der Waals surface area contributed by atoms with Crippen molar-refractivity contribution in [1.29, 1.82) is 0 Å². The maximum atomic E-state index is 14.7. The summed E-state index contributed by atoms with van der Waals surface area (Å²) in [6.45, 7) is 3.13. The van der Waals surface area contributed by atoms with Gasteiger partial charge in [-0.2, -0.15) is 0 Å². The molecule has 8 rings (SSSR count). The molecule has 91 heavy (non-hydrogen) atoms. The summed E-state index contributed by atoms with van der Waals surface area (Å²) in [6.07, 6.45) is -16.2. The van der Waals surface area contributed by atoms with Gasteiger partial charge >= 0.3 is 0 Å². The van der Waals surface area contributed by atoms with Gasteiger partial charge in [0, 0.05) is 55.1 Å². The lowest BCUT2D eigenvalue weighted by Crippen LogP contribution is -2.64. The number of nitrogens with zero attached hydrogens (tertiary/aromatic N) is 4. The Balaban J connectivity index is 1.09. The molecule has 14 atom stereocenters. The lowest BCUT2D eigenvalue weighted by Gasteiger charge is -2.34. The second kappa shape index (κ2) is 30.6. The number of β-amino-alcohol motifs (C(OH)–C–C–N with tert-alkyl or cyclic N) is 1. The molecule has 0 aliphatic carbocycles. The number of phenolic OH excluding ortho intramolecular Hbond substituents is 1. The number of phenols is 1. The Kier molecular flexibility index (Phi) is 23.0. The SMILES string of the molecule is CCOc1ccc(-c2ccc(-c3nnc(-c4ccc(C(=O)NC5CC(O)CNC(=O)C6C(O)C(C)CN6C(=O)C(C(O)CC(N)=O)NC(=O)C(C(O)C(O)c6ccc(O)c(OSOOO)c6)NC(=O)C6CC(O)CN6C(=O)C(C(C)O)NC5=O)cc4)s3)cc2)cc1. The molecule has 5 aromatic rings. The van der Waals surface area contributed by atoms with Gasteiger partial charge in [0.1, 0.15) is 64.2 Å². The monoisotopic (exact) mass is 1300 g/mol. The van der Waals surface area contributed by atoms with Crippen molar-refractivity contribution in [3.05, 3.63) is 102 Å². The van der Waals surface area contributed by atoms with E-state index in [2.05, 4.69) is 46.2 Å².